The smallest absolute Gasteiger partial charge is 0.255 e. The summed E-state index contributed by atoms with van der Waals surface area (Å²) in [7, 11) is 0. The normalized spacial score (nSPS) is 10.7. The van der Waals surface area contributed by atoms with Gasteiger partial charge in [0.05, 0.1) is 6.04 Å². The summed E-state index contributed by atoms with van der Waals surface area (Å²) >= 11 is 0. The second-order valence-electron chi connectivity index (χ2n) is 5.50. The highest BCUT2D eigenvalue weighted by Crippen LogP contribution is 2.09. The Balaban J connectivity index is 0.00000312. The van der Waals surface area contributed by atoms with Gasteiger partial charge in [0, 0.05) is 30.2 Å². The first kappa shape index (κ1) is 23.9. The summed E-state index contributed by atoms with van der Waals surface area (Å²) in [5.74, 6) is -0.349. The number of hydrogen-bond donors (Lipinski definition) is 3. The van der Waals surface area contributed by atoms with Gasteiger partial charge in [0.15, 0.2) is 0 Å². The third-order valence-corrected chi connectivity index (χ3v) is 3.56. The maximum Gasteiger partial charge on any atom is 0.255 e. The predicted molar refractivity (Wildman–Crippen MR) is 108 cm³/mol. The topological polar surface area (TPSA) is 97.1 Å². The van der Waals surface area contributed by atoms with E-state index < -0.39 is 6.04 Å². The molecule has 1 atom stereocenters. The number of halogens is 2. The molecule has 2 rings (SSSR count). The van der Waals surface area contributed by atoms with E-state index in [1.54, 1.807) is 36.7 Å². The first-order chi connectivity index (χ1) is 11.6. The highest BCUT2D eigenvalue weighted by molar-refractivity contribution is 6.04. The molecule has 0 aliphatic carbocycles. The number of anilines is 1. The van der Waals surface area contributed by atoms with Gasteiger partial charge in [-0.1, -0.05) is 25.5 Å². The number of nitrogens with two attached hydrogens (primary N) is 1. The van der Waals surface area contributed by atoms with Crippen LogP contribution in [0, 0.1) is 0 Å². The molecule has 0 bridgehead atoms. The van der Waals surface area contributed by atoms with Crippen LogP contribution in [0.15, 0.2) is 48.8 Å². The van der Waals surface area contributed by atoms with Crippen molar-refractivity contribution in [2.45, 2.75) is 32.4 Å². The van der Waals surface area contributed by atoms with Gasteiger partial charge in [0.1, 0.15) is 0 Å². The summed E-state index contributed by atoms with van der Waals surface area (Å²) in [6.45, 7) is 2.38. The lowest BCUT2D eigenvalue weighted by atomic mass is 10.1. The lowest BCUT2D eigenvalue weighted by molar-refractivity contribution is -0.122. The zero-order valence-electron chi connectivity index (χ0n) is 14.5. The van der Waals surface area contributed by atoms with Crippen molar-refractivity contribution in [3.05, 3.63) is 59.9 Å². The van der Waals surface area contributed by atoms with Crippen molar-refractivity contribution in [3.63, 3.8) is 0 Å². The largest absolute Gasteiger partial charge is 0.351 e. The number of aromatic nitrogens is 1. The van der Waals surface area contributed by atoms with E-state index >= 15 is 0 Å². The zero-order valence-corrected chi connectivity index (χ0v) is 16.1. The quantitative estimate of drug-likeness (QED) is 0.667. The molecule has 0 saturated heterocycles. The van der Waals surface area contributed by atoms with E-state index in [1.165, 1.54) is 0 Å². The molecule has 26 heavy (non-hydrogen) atoms. The van der Waals surface area contributed by atoms with E-state index in [-0.39, 0.29) is 36.6 Å². The number of nitrogens with zero attached hydrogens (tertiary/aromatic N) is 1. The summed E-state index contributed by atoms with van der Waals surface area (Å²) in [5.41, 5.74) is 7.91. The molecular formula is C18H24Cl2N4O2. The molecule has 0 fully saturated rings. The number of rotatable bonds is 7. The molecule has 1 aromatic heterocycles. The lowest BCUT2D eigenvalue weighted by Gasteiger charge is -2.11. The number of carbonyl (C=O) groups is 2. The van der Waals surface area contributed by atoms with Crippen molar-refractivity contribution in [2.24, 2.45) is 5.73 Å². The van der Waals surface area contributed by atoms with Crippen molar-refractivity contribution in [2.75, 3.05) is 5.32 Å². The van der Waals surface area contributed by atoms with Crippen molar-refractivity contribution in [1.82, 2.24) is 10.3 Å². The SMILES string of the molecule is CCCC(N)C(=O)NCc1ccc(C(=O)Nc2ccncc2)cc1.Cl.Cl. The Kier molecular flexibility index (Phi) is 11.2. The summed E-state index contributed by atoms with van der Waals surface area (Å²) in [6, 6.07) is 10.1. The van der Waals surface area contributed by atoms with Crippen LogP contribution in [-0.4, -0.2) is 22.8 Å². The Bertz CT molecular complexity index is 681. The van der Waals surface area contributed by atoms with Gasteiger partial charge in [0.2, 0.25) is 5.91 Å². The molecular weight excluding hydrogens is 375 g/mol. The first-order valence-electron chi connectivity index (χ1n) is 7.93. The molecule has 1 aromatic carbocycles. The van der Waals surface area contributed by atoms with Crippen molar-refractivity contribution in [3.8, 4) is 0 Å². The maximum atomic E-state index is 12.1. The van der Waals surface area contributed by atoms with Gasteiger partial charge >= 0.3 is 0 Å². The van der Waals surface area contributed by atoms with Gasteiger partial charge < -0.3 is 16.4 Å². The fourth-order valence-electron chi connectivity index (χ4n) is 2.17. The van der Waals surface area contributed by atoms with E-state index in [9.17, 15) is 9.59 Å². The monoisotopic (exact) mass is 398 g/mol. The molecule has 1 heterocycles. The van der Waals surface area contributed by atoms with E-state index in [0.717, 1.165) is 12.0 Å². The third-order valence-electron chi connectivity index (χ3n) is 3.56. The fourth-order valence-corrected chi connectivity index (χ4v) is 2.17. The number of carbonyl (C=O) groups excluding carboxylic acids is 2. The minimum Gasteiger partial charge on any atom is -0.351 e. The average molecular weight is 399 g/mol. The van der Waals surface area contributed by atoms with E-state index in [4.69, 9.17) is 5.73 Å². The van der Waals surface area contributed by atoms with Gasteiger partial charge in [-0.05, 0) is 36.2 Å². The minimum atomic E-state index is -0.472. The number of hydrogen-bond acceptors (Lipinski definition) is 4. The molecule has 1 unspecified atom stereocenters. The first-order valence-corrected chi connectivity index (χ1v) is 7.93. The molecule has 142 valence electrons. The van der Waals surface area contributed by atoms with Crippen LogP contribution in [0.3, 0.4) is 0 Å². The molecule has 0 aliphatic rings. The molecule has 2 aromatic rings. The molecule has 0 spiro atoms. The molecule has 0 radical (unpaired) electrons. The molecule has 4 N–H and O–H groups in total. The van der Waals surface area contributed by atoms with Crippen LogP contribution in [0.5, 0.6) is 0 Å². The summed E-state index contributed by atoms with van der Waals surface area (Å²) in [6.07, 6.45) is 4.77. The standard InChI is InChI=1S/C18H22N4O2.2ClH/c1-2-3-16(19)18(24)21-12-13-4-6-14(7-5-13)17(23)22-15-8-10-20-11-9-15;;/h4-11,16H,2-3,12,19H2,1H3,(H,21,24)(H,20,22,23);2*1H. The van der Waals surface area contributed by atoms with Crippen LogP contribution in [0.25, 0.3) is 0 Å². The van der Waals surface area contributed by atoms with Gasteiger partial charge in [-0.3, -0.25) is 14.6 Å². The van der Waals surface area contributed by atoms with Crippen LogP contribution >= 0.6 is 24.8 Å². The molecule has 8 heteroatoms. The number of pyridine rings is 1. The van der Waals surface area contributed by atoms with Crippen molar-refractivity contribution < 1.29 is 9.59 Å². The van der Waals surface area contributed by atoms with Crippen molar-refractivity contribution >= 4 is 42.3 Å². The Morgan fingerprint density at radius 2 is 1.69 bits per heavy atom. The summed E-state index contributed by atoms with van der Waals surface area (Å²) < 4.78 is 0. The number of benzene rings is 1. The third kappa shape index (κ3) is 7.39. The molecule has 6 nitrogen and oxygen atoms in total. The van der Waals surface area contributed by atoms with Crippen molar-refractivity contribution in [1.29, 1.82) is 0 Å². The highest BCUT2D eigenvalue weighted by Gasteiger charge is 2.11. The molecule has 0 aliphatic heterocycles. The Morgan fingerprint density at radius 3 is 2.27 bits per heavy atom. The summed E-state index contributed by atoms with van der Waals surface area (Å²) in [5, 5.41) is 5.59. The Morgan fingerprint density at radius 1 is 1.08 bits per heavy atom. The van der Waals surface area contributed by atoms with Crippen LogP contribution in [0.2, 0.25) is 0 Å². The Hall–Kier alpha value is -2.15. The van der Waals surface area contributed by atoms with E-state index in [2.05, 4.69) is 15.6 Å². The molecule has 0 saturated carbocycles. The Labute approximate surface area is 165 Å². The molecule has 2 amide bonds. The zero-order chi connectivity index (χ0) is 17.4. The predicted octanol–water partition coefficient (Wildman–Crippen LogP) is 2.92. The number of amides is 2. The van der Waals surface area contributed by atoms with Crippen LogP contribution in [-0.2, 0) is 11.3 Å². The maximum absolute atomic E-state index is 12.1. The van der Waals surface area contributed by atoms with E-state index in [1.807, 2.05) is 19.1 Å². The summed E-state index contributed by atoms with van der Waals surface area (Å²) in [4.78, 5) is 27.8. The van der Waals surface area contributed by atoms with Crippen LogP contribution in [0.1, 0.15) is 35.7 Å². The lowest BCUT2D eigenvalue weighted by Crippen LogP contribution is -2.40. The van der Waals surface area contributed by atoms with Gasteiger partial charge in [-0.15, -0.1) is 24.8 Å². The average Bonchev–Trinajstić information content (AvgIpc) is 2.61. The van der Waals surface area contributed by atoms with Gasteiger partial charge in [0.25, 0.3) is 5.91 Å². The second-order valence-corrected chi connectivity index (χ2v) is 5.50. The van der Waals surface area contributed by atoms with E-state index in [0.29, 0.717) is 24.2 Å². The van der Waals surface area contributed by atoms with Crippen LogP contribution in [0.4, 0.5) is 5.69 Å². The highest BCUT2D eigenvalue weighted by atomic mass is 35.5. The second kappa shape index (κ2) is 12.2. The van der Waals surface area contributed by atoms with Gasteiger partial charge in [-0.25, -0.2) is 0 Å². The van der Waals surface area contributed by atoms with Gasteiger partial charge in [-0.2, -0.15) is 0 Å². The number of nitrogens with one attached hydrogen (secondary N) is 2. The minimum absolute atomic E-state index is 0. The van der Waals surface area contributed by atoms with Crippen LogP contribution < -0.4 is 16.4 Å². The fraction of sp³-hybridized carbons (Fsp3) is 0.278.